The zero-order valence-corrected chi connectivity index (χ0v) is 13.3. The standard InChI is InChI=1S/C16H21BrN2/c1-3-12-4-6-15(7-5-12)19(2)16-9-13(11-18)8-14(17)10-16/h8-10,12,15H,3-7H2,1-2H3. The zero-order chi connectivity index (χ0) is 13.8. The molecular weight excluding hydrogens is 300 g/mol. The van der Waals surface area contributed by atoms with Crippen molar-refractivity contribution in [3.05, 3.63) is 28.2 Å². The van der Waals surface area contributed by atoms with Crippen LogP contribution in [0.5, 0.6) is 0 Å². The molecule has 0 amide bonds. The molecule has 1 aliphatic rings. The second-order valence-electron chi connectivity index (χ2n) is 5.50. The van der Waals surface area contributed by atoms with Crippen LogP contribution in [0.4, 0.5) is 5.69 Å². The van der Waals surface area contributed by atoms with E-state index in [1.54, 1.807) is 0 Å². The minimum absolute atomic E-state index is 0.614. The molecule has 0 bridgehead atoms. The smallest absolute Gasteiger partial charge is 0.0992 e. The van der Waals surface area contributed by atoms with E-state index >= 15 is 0 Å². The molecule has 1 aromatic carbocycles. The topological polar surface area (TPSA) is 27.0 Å². The summed E-state index contributed by atoms with van der Waals surface area (Å²) in [6, 6.07) is 8.79. The molecule has 1 saturated carbocycles. The maximum atomic E-state index is 9.06. The summed E-state index contributed by atoms with van der Waals surface area (Å²) < 4.78 is 0.982. The number of rotatable bonds is 3. The van der Waals surface area contributed by atoms with Gasteiger partial charge in [0.2, 0.25) is 0 Å². The Bertz CT molecular complexity index is 470. The van der Waals surface area contributed by atoms with Gasteiger partial charge in [-0.1, -0.05) is 29.3 Å². The van der Waals surface area contributed by atoms with E-state index in [9.17, 15) is 0 Å². The molecule has 19 heavy (non-hydrogen) atoms. The first-order valence-corrected chi connectivity index (χ1v) is 7.87. The minimum Gasteiger partial charge on any atom is -0.372 e. The molecular formula is C16H21BrN2. The third kappa shape index (κ3) is 3.51. The highest BCUT2D eigenvalue weighted by Gasteiger charge is 2.23. The quantitative estimate of drug-likeness (QED) is 0.805. The van der Waals surface area contributed by atoms with Crippen LogP contribution in [0.15, 0.2) is 22.7 Å². The van der Waals surface area contributed by atoms with Gasteiger partial charge in [-0.25, -0.2) is 0 Å². The van der Waals surface area contributed by atoms with Gasteiger partial charge in [0.25, 0.3) is 0 Å². The fraction of sp³-hybridized carbons (Fsp3) is 0.562. The van der Waals surface area contributed by atoms with Gasteiger partial charge < -0.3 is 4.90 Å². The van der Waals surface area contributed by atoms with E-state index in [-0.39, 0.29) is 0 Å². The number of nitriles is 1. The summed E-state index contributed by atoms with van der Waals surface area (Å²) in [5, 5.41) is 9.06. The van der Waals surface area contributed by atoms with Crippen LogP contribution < -0.4 is 4.90 Å². The maximum absolute atomic E-state index is 9.06. The Kier molecular flexibility index (Phi) is 4.87. The summed E-state index contributed by atoms with van der Waals surface area (Å²) in [6.45, 7) is 2.29. The highest BCUT2D eigenvalue weighted by Crippen LogP contribution is 2.32. The Morgan fingerprint density at radius 1 is 1.26 bits per heavy atom. The van der Waals surface area contributed by atoms with Crippen molar-refractivity contribution in [2.24, 2.45) is 5.92 Å². The summed E-state index contributed by atoms with van der Waals surface area (Å²) in [6.07, 6.45) is 6.52. The van der Waals surface area contributed by atoms with E-state index in [0.29, 0.717) is 6.04 Å². The normalized spacial score (nSPS) is 22.8. The van der Waals surface area contributed by atoms with Crippen molar-refractivity contribution in [3.63, 3.8) is 0 Å². The maximum Gasteiger partial charge on any atom is 0.0992 e. The van der Waals surface area contributed by atoms with Crippen LogP contribution in [-0.4, -0.2) is 13.1 Å². The molecule has 0 spiro atoms. The van der Waals surface area contributed by atoms with Crippen LogP contribution >= 0.6 is 15.9 Å². The number of hydrogen-bond acceptors (Lipinski definition) is 2. The van der Waals surface area contributed by atoms with E-state index in [1.165, 1.54) is 32.1 Å². The van der Waals surface area contributed by atoms with Crippen LogP contribution in [0.3, 0.4) is 0 Å². The summed E-state index contributed by atoms with van der Waals surface area (Å²) >= 11 is 3.49. The Hall–Kier alpha value is -1.01. The monoisotopic (exact) mass is 320 g/mol. The summed E-state index contributed by atoms with van der Waals surface area (Å²) in [4.78, 5) is 2.34. The lowest BCUT2D eigenvalue weighted by molar-refractivity contribution is 0.313. The summed E-state index contributed by atoms with van der Waals surface area (Å²) in [7, 11) is 2.15. The number of nitrogens with zero attached hydrogens (tertiary/aromatic N) is 2. The SMILES string of the molecule is CCC1CCC(N(C)c2cc(Br)cc(C#N)c2)CC1. The van der Waals surface area contributed by atoms with E-state index in [4.69, 9.17) is 5.26 Å². The highest BCUT2D eigenvalue weighted by molar-refractivity contribution is 9.10. The molecule has 2 rings (SSSR count). The van der Waals surface area contributed by atoms with Crippen molar-refractivity contribution < 1.29 is 0 Å². The zero-order valence-electron chi connectivity index (χ0n) is 11.7. The highest BCUT2D eigenvalue weighted by atomic mass is 79.9. The van der Waals surface area contributed by atoms with Gasteiger partial charge >= 0.3 is 0 Å². The number of anilines is 1. The van der Waals surface area contributed by atoms with Crippen LogP contribution in [0.2, 0.25) is 0 Å². The van der Waals surface area contributed by atoms with Crippen LogP contribution in [0.1, 0.15) is 44.6 Å². The largest absolute Gasteiger partial charge is 0.372 e. The number of hydrogen-bond donors (Lipinski definition) is 0. The predicted octanol–water partition coefficient (Wildman–Crippen LogP) is 4.73. The van der Waals surface area contributed by atoms with E-state index in [2.05, 4.69) is 46.9 Å². The van der Waals surface area contributed by atoms with Crippen molar-refractivity contribution in [1.82, 2.24) is 0 Å². The molecule has 1 aliphatic carbocycles. The molecule has 0 N–H and O–H groups in total. The molecule has 1 fully saturated rings. The van der Waals surface area contributed by atoms with Crippen molar-refractivity contribution in [2.45, 2.75) is 45.1 Å². The second-order valence-corrected chi connectivity index (χ2v) is 6.42. The Labute approximate surface area is 124 Å². The molecule has 0 saturated heterocycles. The molecule has 1 aromatic rings. The molecule has 0 atom stereocenters. The molecule has 102 valence electrons. The molecule has 0 aliphatic heterocycles. The van der Waals surface area contributed by atoms with Crippen LogP contribution in [0, 0.1) is 17.2 Å². The van der Waals surface area contributed by atoms with E-state index < -0.39 is 0 Å². The summed E-state index contributed by atoms with van der Waals surface area (Å²) in [5.41, 5.74) is 1.87. The van der Waals surface area contributed by atoms with Crippen LogP contribution in [-0.2, 0) is 0 Å². The van der Waals surface area contributed by atoms with Crippen molar-refractivity contribution in [2.75, 3.05) is 11.9 Å². The van der Waals surface area contributed by atoms with Gasteiger partial charge in [-0.2, -0.15) is 5.26 Å². The average molecular weight is 321 g/mol. The third-order valence-corrected chi connectivity index (χ3v) is 4.82. The fourth-order valence-electron chi connectivity index (χ4n) is 2.99. The van der Waals surface area contributed by atoms with Crippen LogP contribution in [0.25, 0.3) is 0 Å². The Morgan fingerprint density at radius 3 is 2.53 bits per heavy atom. The van der Waals surface area contributed by atoms with Gasteiger partial charge in [-0.15, -0.1) is 0 Å². The average Bonchev–Trinajstić information content (AvgIpc) is 2.46. The molecule has 0 unspecified atom stereocenters. The lowest BCUT2D eigenvalue weighted by Gasteiger charge is -2.36. The summed E-state index contributed by atoms with van der Waals surface area (Å²) in [5.74, 6) is 0.918. The fourth-order valence-corrected chi connectivity index (χ4v) is 3.47. The number of halogens is 1. The van der Waals surface area contributed by atoms with Gasteiger partial charge in [-0.05, 0) is 49.8 Å². The Morgan fingerprint density at radius 2 is 1.95 bits per heavy atom. The lowest BCUT2D eigenvalue weighted by atomic mass is 9.84. The molecule has 0 aromatic heterocycles. The third-order valence-electron chi connectivity index (χ3n) is 4.36. The van der Waals surface area contributed by atoms with E-state index in [1.807, 2.05) is 12.1 Å². The molecule has 3 heteroatoms. The second kappa shape index (κ2) is 6.43. The first-order chi connectivity index (χ1) is 9.13. The van der Waals surface area contributed by atoms with Gasteiger partial charge in [-0.3, -0.25) is 0 Å². The van der Waals surface area contributed by atoms with Crippen molar-refractivity contribution >= 4 is 21.6 Å². The van der Waals surface area contributed by atoms with Gasteiger partial charge in [0, 0.05) is 23.2 Å². The first kappa shape index (κ1) is 14.4. The number of benzene rings is 1. The molecule has 0 radical (unpaired) electrons. The van der Waals surface area contributed by atoms with Crippen molar-refractivity contribution in [1.29, 1.82) is 5.26 Å². The van der Waals surface area contributed by atoms with Gasteiger partial charge in [0.05, 0.1) is 11.6 Å². The molecule has 2 nitrogen and oxygen atoms in total. The van der Waals surface area contributed by atoms with Gasteiger partial charge in [0.15, 0.2) is 0 Å². The van der Waals surface area contributed by atoms with E-state index in [0.717, 1.165) is 21.6 Å². The minimum atomic E-state index is 0.614. The lowest BCUT2D eigenvalue weighted by Crippen LogP contribution is -2.35. The van der Waals surface area contributed by atoms with Crippen molar-refractivity contribution in [3.8, 4) is 6.07 Å². The molecule has 0 heterocycles. The Balaban J connectivity index is 2.10. The van der Waals surface area contributed by atoms with Gasteiger partial charge in [0.1, 0.15) is 0 Å². The first-order valence-electron chi connectivity index (χ1n) is 7.07. The predicted molar refractivity (Wildman–Crippen MR) is 83.3 cm³/mol.